The summed E-state index contributed by atoms with van der Waals surface area (Å²) >= 11 is 6.24. The van der Waals surface area contributed by atoms with Crippen molar-refractivity contribution in [3.8, 4) is 5.75 Å². The number of hydrogen-bond donors (Lipinski definition) is 1. The van der Waals surface area contributed by atoms with E-state index in [9.17, 15) is 4.79 Å². The lowest BCUT2D eigenvalue weighted by Crippen LogP contribution is -2.63. The molecule has 1 aliphatic heterocycles. The van der Waals surface area contributed by atoms with E-state index in [1.807, 2.05) is 42.5 Å². The molecule has 0 spiro atoms. The van der Waals surface area contributed by atoms with Crippen LogP contribution in [-0.4, -0.2) is 19.1 Å². The van der Waals surface area contributed by atoms with Crippen molar-refractivity contribution in [3.63, 3.8) is 0 Å². The minimum Gasteiger partial charge on any atom is -0.497 e. The van der Waals surface area contributed by atoms with Crippen molar-refractivity contribution in [2.45, 2.75) is 12.1 Å². The van der Waals surface area contributed by atoms with Crippen molar-refractivity contribution in [2.75, 3.05) is 12.0 Å². The van der Waals surface area contributed by atoms with Gasteiger partial charge in [-0.05, 0) is 23.8 Å². The number of methoxy groups -OCH3 is 1. The lowest BCUT2D eigenvalue weighted by molar-refractivity contribution is -0.126. The van der Waals surface area contributed by atoms with Gasteiger partial charge in [-0.1, -0.05) is 35.9 Å². The molecule has 0 saturated carbocycles. The minimum absolute atomic E-state index is 0.117. The number of carbonyl (C=O) groups excluding carboxylic acids is 1. The molecule has 0 radical (unpaired) electrons. The second-order valence-electron chi connectivity index (χ2n) is 4.90. The molecule has 21 heavy (non-hydrogen) atoms. The van der Waals surface area contributed by atoms with Gasteiger partial charge in [0.25, 0.3) is 0 Å². The summed E-state index contributed by atoms with van der Waals surface area (Å²) in [6, 6.07) is 14.0. The molecule has 1 aliphatic rings. The molecule has 1 heterocycles. The number of halogens is 1. The third-order valence-corrected chi connectivity index (χ3v) is 4.04. The highest BCUT2D eigenvalue weighted by Gasteiger charge is 2.47. The Labute approximate surface area is 128 Å². The summed E-state index contributed by atoms with van der Waals surface area (Å²) in [6.07, 6.45) is 0. The minimum atomic E-state index is -0.573. The van der Waals surface area contributed by atoms with Gasteiger partial charge in [-0.3, -0.25) is 4.79 Å². The monoisotopic (exact) mass is 302 g/mol. The highest BCUT2D eigenvalue weighted by Crippen LogP contribution is 2.41. The first-order valence-electron chi connectivity index (χ1n) is 6.60. The molecule has 3 rings (SSSR count). The van der Waals surface area contributed by atoms with E-state index in [0.29, 0.717) is 10.8 Å². The fraction of sp³-hybridized carbons (Fsp3) is 0.188. The van der Waals surface area contributed by atoms with Gasteiger partial charge in [0.2, 0.25) is 5.91 Å². The smallest absolute Gasteiger partial charge is 0.247 e. The molecule has 2 aromatic carbocycles. The van der Waals surface area contributed by atoms with Crippen LogP contribution in [0.15, 0.2) is 48.5 Å². The zero-order valence-corrected chi connectivity index (χ0v) is 12.2. The summed E-state index contributed by atoms with van der Waals surface area (Å²) in [5.41, 5.74) is 7.60. The molecule has 1 saturated heterocycles. The third-order valence-electron chi connectivity index (χ3n) is 3.70. The van der Waals surface area contributed by atoms with Gasteiger partial charge < -0.3 is 15.4 Å². The maximum atomic E-state index is 12.2. The summed E-state index contributed by atoms with van der Waals surface area (Å²) in [5, 5.41) is 0.610. The molecule has 4 nitrogen and oxygen atoms in total. The van der Waals surface area contributed by atoms with Gasteiger partial charge in [-0.2, -0.15) is 0 Å². The van der Waals surface area contributed by atoms with Crippen molar-refractivity contribution in [3.05, 3.63) is 59.1 Å². The van der Waals surface area contributed by atoms with Crippen LogP contribution < -0.4 is 15.4 Å². The largest absolute Gasteiger partial charge is 0.497 e. The average molecular weight is 303 g/mol. The van der Waals surface area contributed by atoms with E-state index in [4.69, 9.17) is 22.1 Å². The summed E-state index contributed by atoms with van der Waals surface area (Å²) in [5.74, 6) is 0.576. The van der Waals surface area contributed by atoms with Crippen molar-refractivity contribution in [2.24, 2.45) is 5.73 Å². The Balaban J connectivity index is 2.00. The maximum Gasteiger partial charge on any atom is 0.247 e. The van der Waals surface area contributed by atoms with Crippen LogP contribution >= 0.6 is 11.6 Å². The van der Waals surface area contributed by atoms with Crippen molar-refractivity contribution < 1.29 is 9.53 Å². The van der Waals surface area contributed by atoms with Crippen LogP contribution in [0.5, 0.6) is 5.75 Å². The first-order chi connectivity index (χ1) is 10.1. The molecule has 0 aromatic heterocycles. The Morgan fingerprint density at radius 2 is 1.95 bits per heavy atom. The van der Waals surface area contributed by atoms with Crippen LogP contribution in [0.1, 0.15) is 11.6 Å². The standard InChI is InChI=1S/C16H15ClN2O2/c1-21-11-6-4-5-10(9-11)19-15(14(18)16(19)20)12-7-2-3-8-13(12)17/h2-9,14-15H,18H2,1H3/t14-,15-/m1/s1. The Morgan fingerprint density at radius 1 is 1.19 bits per heavy atom. The number of rotatable bonds is 3. The lowest BCUT2D eigenvalue weighted by Gasteiger charge is -2.45. The van der Waals surface area contributed by atoms with Crippen molar-refractivity contribution >= 4 is 23.2 Å². The van der Waals surface area contributed by atoms with Crippen molar-refractivity contribution in [1.82, 2.24) is 0 Å². The Hall–Kier alpha value is -2.04. The van der Waals surface area contributed by atoms with Gasteiger partial charge in [0.05, 0.1) is 13.2 Å². The van der Waals surface area contributed by atoms with Gasteiger partial charge in [0.1, 0.15) is 11.8 Å². The van der Waals surface area contributed by atoms with Gasteiger partial charge in [0.15, 0.2) is 0 Å². The summed E-state index contributed by atoms with van der Waals surface area (Å²) in [4.78, 5) is 13.8. The van der Waals surface area contributed by atoms with E-state index in [-0.39, 0.29) is 11.9 Å². The lowest BCUT2D eigenvalue weighted by atomic mass is 9.88. The molecule has 2 atom stereocenters. The number of nitrogens with zero attached hydrogens (tertiary/aromatic N) is 1. The SMILES string of the molecule is COc1cccc(N2C(=O)[C@H](N)[C@H]2c2ccccc2Cl)c1. The normalized spacial score (nSPS) is 21.1. The highest BCUT2D eigenvalue weighted by molar-refractivity contribution is 6.31. The molecule has 5 heteroatoms. The molecule has 0 unspecified atom stereocenters. The fourth-order valence-electron chi connectivity index (χ4n) is 2.61. The fourth-order valence-corrected chi connectivity index (χ4v) is 2.85. The molecule has 1 fully saturated rings. The number of nitrogens with two attached hydrogens (primary N) is 1. The van der Waals surface area contributed by atoms with E-state index in [1.54, 1.807) is 18.1 Å². The topological polar surface area (TPSA) is 55.6 Å². The first-order valence-corrected chi connectivity index (χ1v) is 6.98. The summed E-state index contributed by atoms with van der Waals surface area (Å²) in [6.45, 7) is 0. The van der Waals surface area contributed by atoms with E-state index >= 15 is 0 Å². The van der Waals surface area contributed by atoms with Gasteiger partial charge >= 0.3 is 0 Å². The number of carbonyl (C=O) groups is 1. The van der Waals surface area contributed by atoms with Crippen LogP contribution in [-0.2, 0) is 4.79 Å². The third kappa shape index (κ3) is 2.26. The number of benzene rings is 2. The van der Waals surface area contributed by atoms with Gasteiger partial charge in [-0.15, -0.1) is 0 Å². The number of anilines is 1. The number of amides is 1. The molecule has 2 N–H and O–H groups in total. The van der Waals surface area contributed by atoms with Crippen LogP contribution in [0.4, 0.5) is 5.69 Å². The average Bonchev–Trinajstić information content (AvgIpc) is 2.52. The number of hydrogen-bond acceptors (Lipinski definition) is 3. The van der Waals surface area contributed by atoms with Crippen LogP contribution in [0.3, 0.4) is 0 Å². The van der Waals surface area contributed by atoms with Crippen LogP contribution in [0.2, 0.25) is 5.02 Å². The molecule has 0 bridgehead atoms. The van der Waals surface area contributed by atoms with Crippen LogP contribution in [0, 0.1) is 0 Å². The van der Waals surface area contributed by atoms with Crippen LogP contribution in [0.25, 0.3) is 0 Å². The van der Waals surface area contributed by atoms with E-state index in [0.717, 1.165) is 11.3 Å². The molecule has 108 valence electrons. The molecule has 2 aromatic rings. The molecule has 1 amide bonds. The van der Waals surface area contributed by atoms with E-state index in [2.05, 4.69) is 0 Å². The quantitative estimate of drug-likeness (QED) is 0.887. The zero-order valence-electron chi connectivity index (χ0n) is 11.5. The molecule has 0 aliphatic carbocycles. The number of β-lactam (4-membered cyclic amide) rings is 1. The van der Waals surface area contributed by atoms with Crippen molar-refractivity contribution in [1.29, 1.82) is 0 Å². The highest BCUT2D eigenvalue weighted by atomic mass is 35.5. The van der Waals surface area contributed by atoms with Gasteiger partial charge in [0, 0.05) is 16.8 Å². The van der Waals surface area contributed by atoms with E-state index < -0.39 is 6.04 Å². The first kappa shape index (κ1) is 13.9. The molecular weight excluding hydrogens is 288 g/mol. The number of ether oxygens (including phenoxy) is 1. The second kappa shape index (κ2) is 5.39. The summed E-state index contributed by atoms with van der Waals surface area (Å²) < 4.78 is 5.21. The Bertz CT molecular complexity index is 689. The Morgan fingerprint density at radius 3 is 2.67 bits per heavy atom. The van der Waals surface area contributed by atoms with Gasteiger partial charge in [-0.25, -0.2) is 0 Å². The summed E-state index contributed by atoms with van der Waals surface area (Å²) in [7, 11) is 1.59. The Kier molecular flexibility index (Phi) is 3.57. The maximum absolute atomic E-state index is 12.2. The molecular formula is C16H15ClN2O2. The zero-order chi connectivity index (χ0) is 15.0. The predicted molar refractivity (Wildman–Crippen MR) is 82.6 cm³/mol. The predicted octanol–water partition coefficient (Wildman–Crippen LogP) is 2.76. The second-order valence-corrected chi connectivity index (χ2v) is 5.31. The van der Waals surface area contributed by atoms with E-state index in [1.165, 1.54) is 0 Å².